The number of imidazole rings is 1. The van der Waals surface area contributed by atoms with Crippen molar-refractivity contribution in [3.05, 3.63) is 66.3 Å². The van der Waals surface area contributed by atoms with E-state index in [1.807, 2.05) is 47.9 Å². The van der Waals surface area contributed by atoms with E-state index in [-0.39, 0.29) is 11.9 Å². The van der Waals surface area contributed by atoms with E-state index >= 15 is 0 Å². The van der Waals surface area contributed by atoms with Gasteiger partial charge in [0.2, 0.25) is 5.91 Å². The monoisotopic (exact) mass is 364 g/mol. The summed E-state index contributed by atoms with van der Waals surface area (Å²) in [5, 5.41) is 4.18. The third-order valence-corrected chi connectivity index (χ3v) is 5.16. The summed E-state index contributed by atoms with van der Waals surface area (Å²) in [6.45, 7) is 4.22. The summed E-state index contributed by atoms with van der Waals surface area (Å²) in [5.74, 6) is 1.15. The van der Waals surface area contributed by atoms with Crippen molar-refractivity contribution in [2.24, 2.45) is 0 Å². The van der Waals surface area contributed by atoms with Crippen LogP contribution in [0.25, 0.3) is 0 Å². The molecule has 0 saturated carbocycles. The van der Waals surface area contributed by atoms with Crippen LogP contribution in [0.3, 0.4) is 0 Å². The highest BCUT2D eigenvalue weighted by Gasteiger charge is 2.33. The summed E-state index contributed by atoms with van der Waals surface area (Å²) in [5.41, 5.74) is 2.29. The normalized spacial score (nSPS) is 16.8. The van der Waals surface area contributed by atoms with Crippen molar-refractivity contribution >= 4 is 5.91 Å². The first kappa shape index (κ1) is 17.5. The molecule has 4 rings (SSSR count). The van der Waals surface area contributed by atoms with Crippen LogP contribution in [0.1, 0.15) is 42.4 Å². The number of nitrogens with zero attached hydrogens (tertiary/aromatic N) is 6. The summed E-state index contributed by atoms with van der Waals surface area (Å²) in [7, 11) is 0. The molecule has 1 saturated heterocycles. The minimum absolute atomic E-state index is 0.0469. The highest BCUT2D eigenvalue weighted by molar-refractivity contribution is 5.76. The largest absolute Gasteiger partial charge is 0.332 e. The highest BCUT2D eigenvalue weighted by atomic mass is 16.2. The van der Waals surface area contributed by atoms with Crippen LogP contribution in [0.5, 0.6) is 0 Å². The van der Waals surface area contributed by atoms with Gasteiger partial charge < -0.3 is 9.47 Å². The number of pyridine rings is 1. The van der Waals surface area contributed by atoms with Crippen LogP contribution in [-0.2, 0) is 17.9 Å². The molecule has 1 fully saturated rings. The lowest BCUT2D eigenvalue weighted by Crippen LogP contribution is -2.32. The Morgan fingerprint density at radius 3 is 2.89 bits per heavy atom. The summed E-state index contributed by atoms with van der Waals surface area (Å²) in [6.07, 6.45) is 11.6. The predicted octanol–water partition coefficient (Wildman–Crippen LogP) is 2.59. The molecule has 4 heterocycles. The molecule has 140 valence electrons. The smallest absolute Gasteiger partial charge is 0.225 e. The van der Waals surface area contributed by atoms with Crippen LogP contribution in [-0.4, -0.2) is 41.7 Å². The minimum atomic E-state index is 0.0469. The van der Waals surface area contributed by atoms with Gasteiger partial charge in [-0.25, -0.2) is 4.98 Å². The quantitative estimate of drug-likeness (QED) is 0.674. The lowest BCUT2D eigenvalue weighted by molar-refractivity contribution is -0.132. The first-order chi connectivity index (χ1) is 13.2. The van der Waals surface area contributed by atoms with E-state index in [0.29, 0.717) is 13.0 Å². The number of amides is 1. The van der Waals surface area contributed by atoms with Crippen molar-refractivity contribution in [1.29, 1.82) is 0 Å². The molecule has 0 bridgehead atoms. The molecular weight excluding hydrogens is 340 g/mol. The molecule has 1 amide bonds. The number of rotatable bonds is 6. The summed E-state index contributed by atoms with van der Waals surface area (Å²) >= 11 is 0. The molecule has 1 atom stereocenters. The van der Waals surface area contributed by atoms with Gasteiger partial charge in [-0.1, -0.05) is 0 Å². The molecule has 1 aliphatic rings. The Morgan fingerprint density at radius 2 is 2.11 bits per heavy atom. The first-order valence-corrected chi connectivity index (χ1v) is 9.40. The van der Waals surface area contributed by atoms with E-state index in [9.17, 15) is 4.79 Å². The lowest BCUT2D eigenvalue weighted by Gasteiger charge is -2.25. The van der Waals surface area contributed by atoms with Gasteiger partial charge >= 0.3 is 0 Å². The van der Waals surface area contributed by atoms with Crippen molar-refractivity contribution in [1.82, 2.24) is 29.2 Å². The third kappa shape index (κ3) is 3.77. The molecule has 1 aliphatic heterocycles. The zero-order chi connectivity index (χ0) is 18.6. The zero-order valence-electron chi connectivity index (χ0n) is 15.5. The van der Waals surface area contributed by atoms with Crippen LogP contribution < -0.4 is 0 Å². The zero-order valence-corrected chi connectivity index (χ0v) is 15.5. The Balaban J connectivity index is 1.51. The Bertz CT molecular complexity index is 887. The number of carbonyl (C=O) groups is 1. The summed E-state index contributed by atoms with van der Waals surface area (Å²) in [4.78, 5) is 23.6. The van der Waals surface area contributed by atoms with E-state index in [1.54, 1.807) is 10.9 Å². The van der Waals surface area contributed by atoms with Gasteiger partial charge in [-0.15, -0.1) is 0 Å². The maximum Gasteiger partial charge on any atom is 0.225 e. The fourth-order valence-electron chi connectivity index (χ4n) is 3.74. The van der Waals surface area contributed by atoms with E-state index in [2.05, 4.69) is 26.6 Å². The van der Waals surface area contributed by atoms with Crippen LogP contribution in [0, 0.1) is 6.92 Å². The van der Waals surface area contributed by atoms with E-state index in [4.69, 9.17) is 0 Å². The number of aromatic nitrogens is 5. The average Bonchev–Trinajstić information content (AvgIpc) is 3.43. The van der Waals surface area contributed by atoms with Gasteiger partial charge in [-0.2, -0.15) is 5.10 Å². The van der Waals surface area contributed by atoms with Crippen molar-refractivity contribution in [2.45, 2.75) is 45.3 Å². The molecule has 0 aromatic carbocycles. The van der Waals surface area contributed by atoms with E-state index in [0.717, 1.165) is 37.4 Å². The number of likely N-dealkylation sites (tertiary alicyclic amines) is 1. The molecule has 0 radical (unpaired) electrons. The standard InChI is InChI=1S/C20H24N6O/c1-16-14-22-20(26(16)15-17-5-9-21-10-6-17)18-4-2-12-25(18)19(27)7-13-24-11-3-8-23-24/h3,5-6,8-11,14,18H,2,4,7,12-13,15H2,1H3. The second-order valence-electron chi connectivity index (χ2n) is 6.96. The van der Waals surface area contributed by atoms with Crippen molar-refractivity contribution in [3.8, 4) is 0 Å². The molecule has 7 nitrogen and oxygen atoms in total. The molecule has 7 heteroatoms. The third-order valence-electron chi connectivity index (χ3n) is 5.16. The SMILES string of the molecule is Cc1cnc(C2CCCN2C(=O)CCn2cccn2)n1Cc1ccncc1. The summed E-state index contributed by atoms with van der Waals surface area (Å²) in [6, 6.07) is 5.96. The van der Waals surface area contributed by atoms with Gasteiger partial charge in [0, 0.05) is 62.7 Å². The number of carbonyl (C=O) groups excluding carboxylic acids is 1. The molecule has 0 N–H and O–H groups in total. The molecule has 3 aromatic heterocycles. The van der Waals surface area contributed by atoms with Crippen molar-refractivity contribution in [2.75, 3.05) is 6.54 Å². The van der Waals surface area contributed by atoms with Crippen molar-refractivity contribution < 1.29 is 4.79 Å². The van der Waals surface area contributed by atoms with Gasteiger partial charge in [0.05, 0.1) is 6.04 Å². The van der Waals surface area contributed by atoms with Gasteiger partial charge in [0.1, 0.15) is 5.82 Å². The first-order valence-electron chi connectivity index (χ1n) is 9.40. The second-order valence-corrected chi connectivity index (χ2v) is 6.96. The van der Waals surface area contributed by atoms with E-state index < -0.39 is 0 Å². The highest BCUT2D eigenvalue weighted by Crippen LogP contribution is 2.32. The molecular formula is C20H24N6O. The Kier molecular flexibility index (Phi) is 5.00. The van der Waals surface area contributed by atoms with Crippen LogP contribution >= 0.6 is 0 Å². The second kappa shape index (κ2) is 7.73. The molecule has 1 unspecified atom stereocenters. The lowest BCUT2D eigenvalue weighted by atomic mass is 10.2. The van der Waals surface area contributed by atoms with Gasteiger partial charge in [-0.05, 0) is 43.5 Å². The predicted molar refractivity (Wildman–Crippen MR) is 101 cm³/mol. The fraction of sp³-hybridized carbons (Fsp3) is 0.400. The van der Waals surface area contributed by atoms with Crippen molar-refractivity contribution in [3.63, 3.8) is 0 Å². The number of hydrogen-bond donors (Lipinski definition) is 0. The Labute approximate surface area is 158 Å². The van der Waals surface area contributed by atoms with Crippen LogP contribution in [0.15, 0.2) is 49.2 Å². The Morgan fingerprint density at radius 1 is 1.26 bits per heavy atom. The number of hydrogen-bond acceptors (Lipinski definition) is 4. The van der Waals surface area contributed by atoms with Crippen LogP contribution in [0.4, 0.5) is 0 Å². The topological polar surface area (TPSA) is 68.8 Å². The van der Waals surface area contributed by atoms with Gasteiger partial charge in [0.15, 0.2) is 0 Å². The van der Waals surface area contributed by atoms with Gasteiger partial charge in [0.25, 0.3) is 0 Å². The summed E-state index contributed by atoms with van der Waals surface area (Å²) < 4.78 is 4.02. The maximum absolute atomic E-state index is 12.8. The fourth-order valence-corrected chi connectivity index (χ4v) is 3.74. The average molecular weight is 364 g/mol. The van der Waals surface area contributed by atoms with Crippen LogP contribution in [0.2, 0.25) is 0 Å². The molecule has 0 spiro atoms. The Hall–Kier alpha value is -2.96. The van der Waals surface area contributed by atoms with E-state index in [1.165, 1.54) is 5.56 Å². The molecule has 3 aromatic rings. The minimum Gasteiger partial charge on any atom is -0.332 e. The number of aryl methyl sites for hydroxylation is 2. The maximum atomic E-state index is 12.8. The molecule has 27 heavy (non-hydrogen) atoms. The molecule has 0 aliphatic carbocycles. The van der Waals surface area contributed by atoms with Gasteiger partial charge in [-0.3, -0.25) is 14.5 Å².